The van der Waals surface area contributed by atoms with Gasteiger partial charge in [-0.2, -0.15) is 0 Å². The number of H-pyrrole nitrogens is 1. The first-order valence-corrected chi connectivity index (χ1v) is 7.34. The predicted octanol–water partition coefficient (Wildman–Crippen LogP) is 3.31. The number of nitrogens with one attached hydrogen (secondary N) is 1. The number of thioether (sulfide) groups is 1. The van der Waals surface area contributed by atoms with Gasteiger partial charge in [0.05, 0.1) is 23.6 Å². The lowest BCUT2D eigenvalue weighted by Gasteiger charge is -2.22. The van der Waals surface area contributed by atoms with Crippen LogP contribution in [0.3, 0.4) is 0 Å². The van der Waals surface area contributed by atoms with E-state index in [1.165, 1.54) is 11.3 Å². The lowest BCUT2D eigenvalue weighted by atomic mass is 10.2. The molecule has 3 nitrogen and oxygen atoms in total. The van der Waals surface area contributed by atoms with Crippen molar-refractivity contribution in [3.05, 3.63) is 53.1 Å². The lowest BCUT2D eigenvalue weighted by molar-refractivity contribution is 0.279. The molecule has 1 atom stereocenters. The number of imidazole rings is 1. The first kappa shape index (κ1) is 12.1. The van der Waals surface area contributed by atoms with Gasteiger partial charge in [0.25, 0.3) is 0 Å². The average molecular weight is 280 g/mol. The standard InChI is InChI=1S/C13H14ClN3S/c14-11-4-2-1-3-10(11)8-17-5-6-18-13(17)12-7-15-9-16-12/h1-4,7,9,13H,5-6,8H2,(H,15,16). The average Bonchev–Trinajstić information content (AvgIpc) is 3.02. The number of hydrogen-bond acceptors (Lipinski definition) is 3. The number of aromatic nitrogens is 2. The van der Waals surface area contributed by atoms with Crippen molar-refractivity contribution in [2.24, 2.45) is 0 Å². The van der Waals surface area contributed by atoms with Crippen molar-refractivity contribution in [3.63, 3.8) is 0 Å². The molecule has 1 N–H and O–H groups in total. The molecule has 1 fully saturated rings. The predicted molar refractivity (Wildman–Crippen MR) is 75.6 cm³/mol. The van der Waals surface area contributed by atoms with Gasteiger partial charge in [-0.3, -0.25) is 4.90 Å². The monoisotopic (exact) mass is 279 g/mol. The summed E-state index contributed by atoms with van der Waals surface area (Å²) in [5, 5.41) is 1.21. The Morgan fingerprint density at radius 1 is 1.44 bits per heavy atom. The fraction of sp³-hybridized carbons (Fsp3) is 0.308. The van der Waals surface area contributed by atoms with Gasteiger partial charge >= 0.3 is 0 Å². The summed E-state index contributed by atoms with van der Waals surface area (Å²) >= 11 is 8.17. The molecule has 1 aromatic heterocycles. The Balaban J connectivity index is 1.78. The summed E-state index contributed by atoms with van der Waals surface area (Å²) in [6, 6.07) is 8.05. The number of aromatic amines is 1. The summed E-state index contributed by atoms with van der Waals surface area (Å²) in [4.78, 5) is 9.74. The minimum absolute atomic E-state index is 0.365. The molecule has 18 heavy (non-hydrogen) atoms. The van der Waals surface area contributed by atoms with Crippen molar-refractivity contribution < 1.29 is 0 Å². The second-order valence-corrected chi connectivity index (χ2v) is 5.89. The zero-order valence-electron chi connectivity index (χ0n) is 9.84. The third-order valence-electron chi connectivity index (χ3n) is 3.10. The molecule has 2 heterocycles. The van der Waals surface area contributed by atoms with Gasteiger partial charge < -0.3 is 4.98 Å². The minimum Gasteiger partial charge on any atom is -0.346 e. The van der Waals surface area contributed by atoms with Gasteiger partial charge in [0.2, 0.25) is 0 Å². The molecule has 1 aromatic carbocycles. The lowest BCUT2D eigenvalue weighted by Crippen LogP contribution is -2.22. The summed E-state index contributed by atoms with van der Waals surface area (Å²) in [5.41, 5.74) is 2.36. The topological polar surface area (TPSA) is 31.9 Å². The number of benzene rings is 1. The molecule has 0 spiro atoms. The van der Waals surface area contributed by atoms with Gasteiger partial charge in [0.1, 0.15) is 0 Å². The Morgan fingerprint density at radius 2 is 2.33 bits per heavy atom. The van der Waals surface area contributed by atoms with Gasteiger partial charge in [-0.25, -0.2) is 4.98 Å². The second-order valence-electron chi connectivity index (χ2n) is 4.29. The molecule has 94 valence electrons. The Bertz CT molecular complexity index is 515. The minimum atomic E-state index is 0.365. The number of rotatable bonds is 3. The van der Waals surface area contributed by atoms with Crippen molar-refractivity contribution in [3.8, 4) is 0 Å². The van der Waals surface area contributed by atoms with E-state index in [9.17, 15) is 0 Å². The van der Waals surface area contributed by atoms with E-state index in [2.05, 4.69) is 20.9 Å². The van der Waals surface area contributed by atoms with E-state index < -0.39 is 0 Å². The first-order valence-electron chi connectivity index (χ1n) is 5.92. The quantitative estimate of drug-likeness (QED) is 0.935. The van der Waals surface area contributed by atoms with Crippen LogP contribution in [-0.4, -0.2) is 27.2 Å². The van der Waals surface area contributed by atoms with Gasteiger partial charge in [-0.05, 0) is 11.6 Å². The Kier molecular flexibility index (Phi) is 3.59. The third kappa shape index (κ3) is 2.41. The summed E-state index contributed by atoms with van der Waals surface area (Å²) in [6.07, 6.45) is 3.64. The molecular formula is C13H14ClN3S. The molecule has 0 saturated carbocycles. The van der Waals surface area contributed by atoms with E-state index in [4.69, 9.17) is 11.6 Å². The molecule has 1 saturated heterocycles. The van der Waals surface area contributed by atoms with Crippen LogP contribution in [0, 0.1) is 0 Å². The maximum Gasteiger partial charge on any atom is 0.0984 e. The van der Waals surface area contributed by atoms with Crippen LogP contribution in [0.4, 0.5) is 0 Å². The maximum atomic E-state index is 6.22. The third-order valence-corrected chi connectivity index (χ3v) is 4.76. The van der Waals surface area contributed by atoms with Crippen LogP contribution in [0.1, 0.15) is 16.6 Å². The smallest absolute Gasteiger partial charge is 0.0984 e. The van der Waals surface area contributed by atoms with Crippen LogP contribution >= 0.6 is 23.4 Å². The van der Waals surface area contributed by atoms with E-state index >= 15 is 0 Å². The van der Waals surface area contributed by atoms with Gasteiger partial charge in [0.15, 0.2) is 0 Å². The molecule has 1 aliphatic heterocycles. The van der Waals surface area contributed by atoms with Gasteiger partial charge in [-0.15, -0.1) is 11.8 Å². The normalized spacial score (nSPS) is 20.4. The Labute approximate surface area is 116 Å². The summed E-state index contributed by atoms with van der Waals surface area (Å²) in [7, 11) is 0. The molecule has 0 radical (unpaired) electrons. The molecule has 1 aliphatic rings. The van der Waals surface area contributed by atoms with Gasteiger partial charge in [0, 0.05) is 23.9 Å². The van der Waals surface area contributed by atoms with E-state index in [0.29, 0.717) is 5.37 Å². The molecular weight excluding hydrogens is 266 g/mol. The zero-order valence-corrected chi connectivity index (χ0v) is 11.4. The molecule has 0 amide bonds. The molecule has 5 heteroatoms. The zero-order chi connectivity index (χ0) is 12.4. The number of nitrogens with zero attached hydrogens (tertiary/aromatic N) is 2. The summed E-state index contributed by atoms with van der Waals surface area (Å²) in [5.74, 6) is 1.15. The SMILES string of the molecule is Clc1ccccc1CN1CCSC1c1cnc[nH]1. The van der Waals surface area contributed by atoms with Crippen LogP contribution in [-0.2, 0) is 6.54 Å². The molecule has 2 aromatic rings. The fourth-order valence-corrected chi connectivity index (χ4v) is 3.66. The molecule has 3 rings (SSSR count). The highest BCUT2D eigenvalue weighted by atomic mass is 35.5. The van der Waals surface area contributed by atoms with E-state index in [0.717, 1.165) is 23.9 Å². The summed E-state index contributed by atoms with van der Waals surface area (Å²) in [6.45, 7) is 1.97. The van der Waals surface area contributed by atoms with Crippen LogP contribution in [0.5, 0.6) is 0 Å². The van der Waals surface area contributed by atoms with Crippen molar-refractivity contribution >= 4 is 23.4 Å². The van der Waals surface area contributed by atoms with Crippen molar-refractivity contribution in [1.29, 1.82) is 0 Å². The first-order chi connectivity index (χ1) is 8.84. The molecule has 1 unspecified atom stereocenters. The summed E-state index contributed by atoms with van der Waals surface area (Å²) < 4.78 is 0. The van der Waals surface area contributed by atoms with E-state index in [1.54, 1.807) is 6.33 Å². The van der Waals surface area contributed by atoms with Crippen molar-refractivity contribution in [2.75, 3.05) is 12.3 Å². The Hall–Kier alpha value is -0.970. The highest BCUT2D eigenvalue weighted by Crippen LogP contribution is 2.38. The number of hydrogen-bond donors (Lipinski definition) is 1. The number of halogens is 1. The fourth-order valence-electron chi connectivity index (χ4n) is 2.20. The van der Waals surface area contributed by atoms with Crippen molar-refractivity contribution in [1.82, 2.24) is 14.9 Å². The van der Waals surface area contributed by atoms with Crippen LogP contribution in [0.25, 0.3) is 0 Å². The van der Waals surface area contributed by atoms with Crippen molar-refractivity contribution in [2.45, 2.75) is 11.9 Å². The maximum absolute atomic E-state index is 6.22. The van der Waals surface area contributed by atoms with Crippen LogP contribution in [0.2, 0.25) is 5.02 Å². The van der Waals surface area contributed by atoms with E-state index in [-0.39, 0.29) is 0 Å². The second kappa shape index (κ2) is 5.34. The Morgan fingerprint density at radius 3 is 3.11 bits per heavy atom. The largest absolute Gasteiger partial charge is 0.346 e. The van der Waals surface area contributed by atoms with Gasteiger partial charge in [-0.1, -0.05) is 29.8 Å². The van der Waals surface area contributed by atoms with E-state index in [1.807, 2.05) is 36.2 Å². The van der Waals surface area contributed by atoms with Crippen LogP contribution < -0.4 is 0 Å². The highest BCUT2D eigenvalue weighted by Gasteiger charge is 2.27. The highest BCUT2D eigenvalue weighted by molar-refractivity contribution is 7.99. The molecule has 0 bridgehead atoms. The molecule has 0 aliphatic carbocycles. The van der Waals surface area contributed by atoms with Crippen LogP contribution in [0.15, 0.2) is 36.8 Å².